The summed E-state index contributed by atoms with van der Waals surface area (Å²) in [6.45, 7) is 4.65. The monoisotopic (exact) mass is 254 g/mol. The average Bonchev–Trinajstić information content (AvgIpc) is 2.40. The van der Waals surface area contributed by atoms with Crippen molar-refractivity contribution in [1.82, 2.24) is 5.32 Å². The van der Waals surface area contributed by atoms with Crippen LogP contribution in [-0.2, 0) is 9.53 Å². The quantitative estimate of drug-likeness (QED) is 0.797. The van der Waals surface area contributed by atoms with Crippen molar-refractivity contribution in [1.29, 1.82) is 0 Å². The Morgan fingerprint density at radius 1 is 1.28 bits per heavy atom. The van der Waals surface area contributed by atoms with E-state index < -0.39 is 0 Å². The predicted molar refractivity (Wildman–Crippen MR) is 71.0 cm³/mol. The van der Waals surface area contributed by atoms with E-state index in [1.54, 1.807) is 0 Å². The van der Waals surface area contributed by atoms with E-state index in [0.29, 0.717) is 11.8 Å². The Morgan fingerprint density at radius 3 is 2.72 bits per heavy atom. The number of ether oxygens (including phenoxy) is 1. The molecule has 0 spiro atoms. The first-order valence-electron chi connectivity index (χ1n) is 7.28. The summed E-state index contributed by atoms with van der Waals surface area (Å²) in [7, 11) is 0. The van der Waals surface area contributed by atoms with Crippen LogP contribution in [0.25, 0.3) is 0 Å². The standard InChI is InChI=1S/C14H26N2O2/c1-10-2-3-12(15)8-13(10)14(17)16-9-11-4-6-18-7-5-11/h10-13H,2-9,15H2,1H3,(H,16,17). The second-order valence-corrected chi connectivity index (χ2v) is 5.96. The van der Waals surface area contributed by atoms with Crippen LogP contribution in [0.3, 0.4) is 0 Å². The van der Waals surface area contributed by atoms with Crippen LogP contribution in [0.5, 0.6) is 0 Å². The molecule has 0 bridgehead atoms. The van der Waals surface area contributed by atoms with Crippen LogP contribution in [0, 0.1) is 17.8 Å². The van der Waals surface area contributed by atoms with Gasteiger partial charge in [-0.15, -0.1) is 0 Å². The van der Waals surface area contributed by atoms with Crippen LogP contribution in [0.4, 0.5) is 0 Å². The molecule has 1 saturated heterocycles. The maximum absolute atomic E-state index is 12.2. The van der Waals surface area contributed by atoms with Gasteiger partial charge in [0.15, 0.2) is 0 Å². The fraction of sp³-hybridized carbons (Fsp3) is 0.929. The number of hydrogen-bond acceptors (Lipinski definition) is 3. The normalized spacial score (nSPS) is 34.2. The van der Waals surface area contributed by atoms with E-state index in [4.69, 9.17) is 10.5 Å². The van der Waals surface area contributed by atoms with E-state index in [1.807, 2.05) is 0 Å². The van der Waals surface area contributed by atoms with Crippen LogP contribution < -0.4 is 11.1 Å². The Hall–Kier alpha value is -0.610. The van der Waals surface area contributed by atoms with Crippen LogP contribution >= 0.6 is 0 Å². The highest BCUT2D eigenvalue weighted by atomic mass is 16.5. The van der Waals surface area contributed by atoms with E-state index >= 15 is 0 Å². The molecule has 2 rings (SSSR count). The van der Waals surface area contributed by atoms with Gasteiger partial charge in [0.2, 0.25) is 5.91 Å². The molecular weight excluding hydrogens is 228 g/mol. The maximum Gasteiger partial charge on any atom is 0.223 e. The molecule has 104 valence electrons. The summed E-state index contributed by atoms with van der Waals surface area (Å²) in [4.78, 5) is 12.2. The molecule has 1 saturated carbocycles. The van der Waals surface area contributed by atoms with Gasteiger partial charge in [0.1, 0.15) is 0 Å². The molecule has 1 heterocycles. The number of nitrogens with one attached hydrogen (secondary N) is 1. The highest BCUT2D eigenvalue weighted by Crippen LogP contribution is 2.29. The second-order valence-electron chi connectivity index (χ2n) is 5.96. The zero-order valence-corrected chi connectivity index (χ0v) is 11.4. The first-order valence-corrected chi connectivity index (χ1v) is 7.28. The third kappa shape index (κ3) is 3.69. The van der Waals surface area contributed by atoms with Crippen molar-refractivity contribution >= 4 is 5.91 Å². The molecular formula is C14H26N2O2. The van der Waals surface area contributed by atoms with Crippen molar-refractivity contribution in [2.24, 2.45) is 23.5 Å². The highest BCUT2D eigenvalue weighted by molar-refractivity contribution is 5.79. The highest BCUT2D eigenvalue weighted by Gasteiger charge is 2.31. The van der Waals surface area contributed by atoms with E-state index in [-0.39, 0.29) is 17.9 Å². The van der Waals surface area contributed by atoms with Crippen LogP contribution in [0.1, 0.15) is 39.0 Å². The van der Waals surface area contributed by atoms with E-state index in [2.05, 4.69) is 12.2 Å². The number of hydrogen-bond donors (Lipinski definition) is 2. The van der Waals surface area contributed by atoms with Gasteiger partial charge < -0.3 is 15.8 Å². The molecule has 3 atom stereocenters. The largest absolute Gasteiger partial charge is 0.381 e. The number of rotatable bonds is 3. The Labute approximate surface area is 110 Å². The molecule has 4 heteroatoms. The topological polar surface area (TPSA) is 64.4 Å². The first kappa shape index (κ1) is 13.8. The lowest BCUT2D eigenvalue weighted by atomic mass is 9.77. The maximum atomic E-state index is 12.2. The molecule has 0 aromatic heterocycles. The molecule has 3 unspecified atom stereocenters. The lowest BCUT2D eigenvalue weighted by molar-refractivity contribution is -0.128. The predicted octanol–water partition coefficient (Wildman–Crippen LogP) is 1.29. The molecule has 2 aliphatic rings. The smallest absolute Gasteiger partial charge is 0.223 e. The summed E-state index contributed by atoms with van der Waals surface area (Å²) < 4.78 is 5.32. The fourth-order valence-corrected chi connectivity index (χ4v) is 3.05. The summed E-state index contributed by atoms with van der Waals surface area (Å²) in [5, 5.41) is 3.12. The van der Waals surface area contributed by atoms with E-state index in [9.17, 15) is 4.79 Å². The number of nitrogens with two attached hydrogens (primary N) is 1. The minimum absolute atomic E-state index is 0.119. The first-order chi connectivity index (χ1) is 8.66. The van der Waals surface area contributed by atoms with E-state index in [1.165, 1.54) is 0 Å². The molecule has 1 amide bonds. The molecule has 0 aromatic carbocycles. The van der Waals surface area contributed by atoms with Gasteiger partial charge in [-0.05, 0) is 43.9 Å². The van der Waals surface area contributed by atoms with Gasteiger partial charge in [-0.1, -0.05) is 6.92 Å². The van der Waals surface area contributed by atoms with Gasteiger partial charge in [-0.3, -0.25) is 4.79 Å². The minimum Gasteiger partial charge on any atom is -0.381 e. The summed E-state index contributed by atoms with van der Waals surface area (Å²) in [5.41, 5.74) is 5.97. The zero-order valence-electron chi connectivity index (χ0n) is 11.4. The van der Waals surface area contributed by atoms with Crippen molar-refractivity contribution in [2.75, 3.05) is 19.8 Å². The third-order valence-corrected chi connectivity index (χ3v) is 4.48. The number of carbonyl (C=O) groups excluding carboxylic acids is 1. The third-order valence-electron chi connectivity index (χ3n) is 4.48. The SMILES string of the molecule is CC1CCC(N)CC1C(=O)NCC1CCOCC1. The number of amides is 1. The molecule has 3 N–H and O–H groups in total. The Kier molecular flexibility index (Phi) is 5.01. The van der Waals surface area contributed by atoms with Crippen LogP contribution in [0.15, 0.2) is 0 Å². The van der Waals surface area contributed by atoms with Gasteiger partial charge in [0.05, 0.1) is 0 Å². The Bertz CT molecular complexity index is 277. The van der Waals surface area contributed by atoms with Crippen molar-refractivity contribution in [2.45, 2.75) is 45.1 Å². The van der Waals surface area contributed by atoms with Crippen LogP contribution in [0.2, 0.25) is 0 Å². The summed E-state index contributed by atoms with van der Waals surface area (Å²) >= 11 is 0. The second kappa shape index (κ2) is 6.53. The molecule has 1 aliphatic carbocycles. The fourth-order valence-electron chi connectivity index (χ4n) is 3.05. The Morgan fingerprint density at radius 2 is 2.00 bits per heavy atom. The summed E-state index contributed by atoms with van der Waals surface area (Å²) in [5.74, 6) is 1.40. The lowest BCUT2D eigenvalue weighted by Gasteiger charge is -2.32. The molecule has 2 fully saturated rings. The molecule has 4 nitrogen and oxygen atoms in total. The number of carbonyl (C=O) groups is 1. The minimum atomic E-state index is 0.119. The van der Waals surface area contributed by atoms with Crippen LogP contribution in [-0.4, -0.2) is 31.7 Å². The lowest BCUT2D eigenvalue weighted by Crippen LogP contribution is -2.43. The van der Waals surface area contributed by atoms with Gasteiger partial charge in [0.25, 0.3) is 0 Å². The van der Waals surface area contributed by atoms with Crippen molar-refractivity contribution in [3.63, 3.8) is 0 Å². The summed E-state index contributed by atoms with van der Waals surface area (Å²) in [6, 6.07) is 0.208. The average molecular weight is 254 g/mol. The van der Waals surface area contributed by atoms with Gasteiger partial charge in [-0.2, -0.15) is 0 Å². The van der Waals surface area contributed by atoms with Crippen molar-refractivity contribution in [3.8, 4) is 0 Å². The molecule has 0 radical (unpaired) electrons. The molecule has 1 aliphatic heterocycles. The molecule has 18 heavy (non-hydrogen) atoms. The van der Waals surface area contributed by atoms with Crippen molar-refractivity contribution in [3.05, 3.63) is 0 Å². The van der Waals surface area contributed by atoms with E-state index in [0.717, 1.165) is 51.9 Å². The van der Waals surface area contributed by atoms with Gasteiger partial charge in [-0.25, -0.2) is 0 Å². The van der Waals surface area contributed by atoms with Crippen molar-refractivity contribution < 1.29 is 9.53 Å². The van der Waals surface area contributed by atoms with Gasteiger partial charge in [0, 0.05) is 31.7 Å². The molecule has 0 aromatic rings. The zero-order chi connectivity index (χ0) is 13.0. The van der Waals surface area contributed by atoms with Gasteiger partial charge >= 0.3 is 0 Å². The summed E-state index contributed by atoms with van der Waals surface area (Å²) in [6.07, 6.45) is 5.13. The Balaban J connectivity index is 1.75.